The van der Waals surface area contributed by atoms with Gasteiger partial charge in [-0.2, -0.15) is 0 Å². The molecule has 3 nitrogen and oxygen atoms in total. The fourth-order valence-electron chi connectivity index (χ4n) is 1.33. The van der Waals surface area contributed by atoms with Crippen molar-refractivity contribution in [1.82, 2.24) is 10.2 Å². The Labute approximate surface area is 113 Å². The Morgan fingerprint density at radius 1 is 1.56 bits per heavy atom. The summed E-state index contributed by atoms with van der Waals surface area (Å²) in [6.45, 7) is 9.62. The second-order valence-corrected chi connectivity index (χ2v) is 3.64. The molecule has 4 heteroatoms. The van der Waals surface area contributed by atoms with E-state index in [0.29, 0.717) is 13.1 Å². The highest BCUT2D eigenvalue weighted by Gasteiger charge is 2.24. The highest BCUT2D eigenvalue weighted by atomic mass is 19.1. The van der Waals surface area contributed by atoms with E-state index in [1.54, 1.807) is 11.8 Å². The monoisotopic (exact) mass is 260 g/mol. The van der Waals surface area contributed by atoms with Gasteiger partial charge in [0.15, 0.2) is 0 Å². The predicted molar refractivity (Wildman–Crippen MR) is 77.2 cm³/mol. The zero-order chi connectivity index (χ0) is 14.4. The highest BCUT2D eigenvalue weighted by molar-refractivity contribution is 5.93. The number of nitrogens with zero attached hydrogens (tertiary/aromatic N) is 1. The minimum Gasteiger partial charge on any atom is -0.332 e. The molecule has 18 heavy (non-hydrogen) atoms. The summed E-state index contributed by atoms with van der Waals surface area (Å²) in [5.41, 5.74) is 0. The molecule has 0 aromatic carbocycles. The number of likely N-dealkylation sites (tertiary alicyclic amines) is 1. The average Bonchev–Trinajstić information content (AvgIpc) is 2.90. The molecule has 0 radical (unpaired) electrons. The van der Waals surface area contributed by atoms with Gasteiger partial charge in [0.25, 0.3) is 5.91 Å². The van der Waals surface area contributed by atoms with Gasteiger partial charge in [-0.25, -0.2) is 0 Å². The van der Waals surface area contributed by atoms with Gasteiger partial charge in [0.05, 0.1) is 6.67 Å². The number of nitrogens with one attached hydrogen (secondary N) is 1. The van der Waals surface area contributed by atoms with Crippen molar-refractivity contribution in [2.45, 2.75) is 34.1 Å². The maximum Gasteiger partial charge on any atom is 0.298 e. The minimum absolute atomic E-state index is 0. The van der Waals surface area contributed by atoms with Crippen molar-refractivity contribution in [3.63, 3.8) is 0 Å². The van der Waals surface area contributed by atoms with E-state index in [0.717, 1.165) is 13.0 Å². The summed E-state index contributed by atoms with van der Waals surface area (Å²) in [5.74, 6) is 4.85. The van der Waals surface area contributed by atoms with E-state index in [1.165, 1.54) is 0 Å². The molecule has 0 saturated carbocycles. The first kappa shape index (κ1) is 19.3. The Morgan fingerprint density at radius 3 is 2.44 bits per heavy atom. The molecule has 1 saturated heterocycles. The van der Waals surface area contributed by atoms with Crippen molar-refractivity contribution in [3.05, 3.63) is 0 Å². The second-order valence-electron chi connectivity index (χ2n) is 3.64. The lowest BCUT2D eigenvalue weighted by Crippen LogP contribution is -2.27. The summed E-state index contributed by atoms with van der Waals surface area (Å²) in [7, 11) is 1.93. The SMILES string of the molecule is CC.CC#CC(=O)N1CC[C@H](CF)C1.CCNC.[HH]. The van der Waals surface area contributed by atoms with Crippen molar-refractivity contribution in [2.75, 3.05) is 33.4 Å². The van der Waals surface area contributed by atoms with Crippen LogP contribution in [0.1, 0.15) is 35.5 Å². The van der Waals surface area contributed by atoms with Crippen LogP contribution in [0.25, 0.3) is 0 Å². The third-order valence-corrected chi connectivity index (χ3v) is 2.38. The van der Waals surface area contributed by atoms with E-state index in [-0.39, 0.29) is 19.9 Å². The summed E-state index contributed by atoms with van der Waals surface area (Å²) in [4.78, 5) is 12.7. The zero-order valence-corrected chi connectivity index (χ0v) is 12.3. The topological polar surface area (TPSA) is 32.3 Å². The van der Waals surface area contributed by atoms with Gasteiger partial charge in [0.2, 0.25) is 0 Å². The molecule has 0 aromatic heterocycles. The largest absolute Gasteiger partial charge is 0.332 e. The van der Waals surface area contributed by atoms with Gasteiger partial charge in [-0.1, -0.05) is 26.7 Å². The van der Waals surface area contributed by atoms with Gasteiger partial charge in [-0.05, 0) is 32.9 Å². The molecule has 1 fully saturated rings. The molecule has 0 unspecified atom stereocenters. The minimum atomic E-state index is -0.330. The summed E-state index contributed by atoms with van der Waals surface area (Å²) in [5, 5.41) is 2.93. The maximum absolute atomic E-state index is 12.1. The smallest absolute Gasteiger partial charge is 0.298 e. The number of hydrogen-bond donors (Lipinski definition) is 1. The van der Waals surface area contributed by atoms with E-state index in [2.05, 4.69) is 24.1 Å². The first-order chi connectivity index (χ1) is 8.69. The number of rotatable bonds is 2. The highest BCUT2D eigenvalue weighted by Crippen LogP contribution is 2.15. The molecule has 108 valence electrons. The molecule has 1 N–H and O–H groups in total. The van der Waals surface area contributed by atoms with E-state index >= 15 is 0 Å². The standard InChI is InChI=1S/C9H12FNO.C3H9N.C2H6.H2/c1-2-3-9(12)11-5-4-8(6-10)7-11;1-3-4-2;1-2;/h8H,4-7H2,1H3;4H,3H2,1-2H3;1-2H3;1H/t8-;;;/m1.../s1. The molecule has 0 spiro atoms. The van der Waals surface area contributed by atoms with E-state index < -0.39 is 0 Å². The summed E-state index contributed by atoms with van der Waals surface area (Å²) < 4.78 is 12.1. The first-order valence-electron chi connectivity index (χ1n) is 6.61. The number of carbonyl (C=O) groups is 1. The van der Waals surface area contributed by atoms with Crippen LogP contribution in [0, 0.1) is 17.8 Å². The second kappa shape index (κ2) is 14.0. The summed E-state index contributed by atoms with van der Waals surface area (Å²) in [6, 6.07) is 0. The first-order valence-corrected chi connectivity index (χ1v) is 6.61. The normalized spacial score (nSPS) is 16.6. The Kier molecular flexibility index (Phi) is 15.0. The van der Waals surface area contributed by atoms with Gasteiger partial charge >= 0.3 is 0 Å². The number of carbonyl (C=O) groups excluding carboxylic acids is 1. The van der Waals surface area contributed by atoms with Crippen molar-refractivity contribution in [3.8, 4) is 11.8 Å². The summed E-state index contributed by atoms with van der Waals surface area (Å²) >= 11 is 0. The maximum atomic E-state index is 12.1. The fourth-order valence-corrected chi connectivity index (χ4v) is 1.33. The quantitative estimate of drug-likeness (QED) is 0.773. The average molecular weight is 260 g/mol. The summed E-state index contributed by atoms with van der Waals surface area (Å²) in [6.07, 6.45) is 0.771. The number of hydrogen-bond acceptors (Lipinski definition) is 2. The predicted octanol–water partition coefficient (Wildman–Crippen LogP) is 2.33. The Morgan fingerprint density at radius 2 is 2.11 bits per heavy atom. The lowest BCUT2D eigenvalue weighted by Gasteiger charge is -2.10. The van der Waals surface area contributed by atoms with Crippen LogP contribution in [0.2, 0.25) is 0 Å². The van der Waals surface area contributed by atoms with E-state index in [9.17, 15) is 9.18 Å². The van der Waals surface area contributed by atoms with Crippen molar-refractivity contribution >= 4 is 5.91 Å². The molecule has 1 heterocycles. The van der Waals surface area contributed by atoms with Crippen LogP contribution in [0.5, 0.6) is 0 Å². The molecular formula is C14H29FN2O. The molecule has 1 amide bonds. The Hall–Kier alpha value is -1.08. The molecule has 0 aromatic rings. The van der Waals surface area contributed by atoms with Crippen LogP contribution in [0.3, 0.4) is 0 Å². The zero-order valence-electron chi connectivity index (χ0n) is 12.3. The van der Waals surface area contributed by atoms with Gasteiger partial charge < -0.3 is 10.2 Å². The number of halogens is 1. The van der Waals surface area contributed by atoms with Crippen LogP contribution in [-0.4, -0.2) is 44.2 Å². The van der Waals surface area contributed by atoms with Crippen LogP contribution >= 0.6 is 0 Å². The van der Waals surface area contributed by atoms with Crippen LogP contribution in [-0.2, 0) is 4.79 Å². The lowest BCUT2D eigenvalue weighted by molar-refractivity contribution is -0.124. The molecule has 1 atom stereocenters. The van der Waals surface area contributed by atoms with E-state index in [4.69, 9.17) is 0 Å². The molecule has 1 aliphatic heterocycles. The van der Waals surface area contributed by atoms with Crippen LogP contribution in [0.4, 0.5) is 4.39 Å². The molecule has 0 aliphatic carbocycles. The lowest BCUT2D eigenvalue weighted by atomic mass is 10.1. The van der Waals surface area contributed by atoms with Gasteiger partial charge in [-0.15, -0.1) is 0 Å². The van der Waals surface area contributed by atoms with Gasteiger partial charge in [0.1, 0.15) is 0 Å². The molecule has 0 bridgehead atoms. The van der Waals surface area contributed by atoms with Crippen molar-refractivity contribution in [1.29, 1.82) is 0 Å². The van der Waals surface area contributed by atoms with Gasteiger partial charge in [0, 0.05) is 20.4 Å². The fraction of sp³-hybridized carbons (Fsp3) is 0.786. The Bertz CT molecular complexity index is 262. The van der Waals surface area contributed by atoms with Crippen LogP contribution < -0.4 is 5.32 Å². The third kappa shape index (κ3) is 9.00. The van der Waals surface area contributed by atoms with Crippen molar-refractivity contribution in [2.24, 2.45) is 5.92 Å². The number of amides is 1. The molecule has 1 rings (SSSR count). The van der Waals surface area contributed by atoms with Gasteiger partial charge in [-0.3, -0.25) is 9.18 Å². The molecular weight excluding hydrogens is 231 g/mol. The van der Waals surface area contributed by atoms with E-state index in [1.807, 2.05) is 20.9 Å². The van der Waals surface area contributed by atoms with Crippen LogP contribution in [0.15, 0.2) is 0 Å². The Balaban J connectivity index is -0.000000316. The number of alkyl halides is 1. The molecule has 1 aliphatic rings. The van der Waals surface area contributed by atoms with Crippen molar-refractivity contribution < 1.29 is 10.6 Å². The third-order valence-electron chi connectivity index (χ3n) is 2.38.